The molecule has 0 aliphatic rings. The molecule has 0 radical (unpaired) electrons. The number of hydrogen-bond acceptors (Lipinski definition) is 2. The third-order valence-corrected chi connectivity index (χ3v) is 2.09. The summed E-state index contributed by atoms with van der Waals surface area (Å²) in [7, 11) is 0. The highest BCUT2D eigenvalue weighted by atomic mass is 16.4. The Morgan fingerprint density at radius 3 is 2.73 bits per heavy atom. The van der Waals surface area contributed by atoms with Crippen molar-refractivity contribution in [3.63, 3.8) is 0 Å². The Morgan fingerprint density at radius 1 is 1.47 bits per heavy atom. The minimum absolute atomic E-state index is 0.128. The van der Waals surface area contributed by atoms with E-state index in [4.69, 9.17) is 10.2 Å². The van der Waals surface area contributed by atoms with Gasteiger partial charge in [0, 0.05) is 6.61 Å². The molecule has 0 amide bonds. The molecule has 1 rings (SSSR count). The van der Waals surface area contributed by atoms with Gasteiger partial charge in [-0.15, -0.1) is 0 Å². The second-order valence-electron chi connectivity index (χ2n) is 3.29. The van der Waals surface area contributed by atoms with Crippen LogP contribution in [0.2, 0.25) is 0 Å². The van der Waals surface area contributed by atoms with E-state index in [0.29, 0.717) is 12.0 Å². The molecular weight excluding hydrogens is 192 g/mol. The van der Waals surface area contributed by atoms with Gasteiger partial charge in [-0.1, -0.05) is 24.3 Å². The van der Waals surface area contributed by atoms with Gasteiger partial charge in [0.05, 0.1) is 5.56 Å². The van der Waals surface area contributed by atoms with Gasteiger partial charge >= 0.3 is 5.97 Å². The van der Waals surface area contributed by atoms with Crippen molar-refractivity contribution in [2.24, 2.45) is 0 Å². The molecule has 0 fully saturated rings. The highest BCUT2D eigenvalue weighted by molar-refractivity contribution is 5.89. The summed E-state index contributed by atoms with van der Waals surface area (Å²) in [6.07, 6.45) is 4.34. The van der Waals surface area contributed by atoms with E-state index in [-0.39, 0.29) is 6.61 Å². The Kier molecular flexibility index (Phi) is 4.06. The summed E-state index contributed by atoms with van der Waals surface area (Å²) in [6, 6.07) is 5.16. The monoisotopic (exact) mass is 206 g/mol. The van der Waals surface area contributed by atoms with Crippen molar-refractivity contribution in [2.75, 3.05) is 6.61 Å². The molecule has 0 aromatic heterocycles. The number of carboxylic acid groups (broad SMARTS) is 1. The average molecular weight is 206 g/mol. The molecule has 2 N–H and O–H groups in total. The molecular formula is C12H14O3. The number of aliphatic hydroxyl groups is 1. The fraction of sp³-hybridized carbons (Fsp3) is 0.250. The van der Waals surface area contributed by atoms with Gasteiger partial charge < -0.3 is 10.2 Å². The molecule has 80 valence electrons. The largest absolute Gasteiger partial charge is 0.478 e. The minimum atomic E-state index is -0.904. The van der Waals surface area contributed by atoms with Crippen LogP contribution in [0.3, 0.4) is 0 Å². The van der Waals surface area contributed by atoms with E-state index in [1.165, 1.54) is 0 Å². The Balaban J connectivity index is 2.87. The average Bonchev–Trinajstić information content (AvgIpc) is 2.17. The smallest absolute Gasteiger partial charge is 0.335 e. The molecule has 0 aliphatic heterocycles. The van der Waals surface area contributed by atoms with Crippen LogP contribution < -0.4 is 0 Å². The Hall–Kier alpha value is -1.61. The van der Waals surface area contributed by atoms with Crippen molar-refractivity contribution >= 4 is 12.0 Å². The maximum Gasteiger partial charge on any atom is 0.335 e. The van der Waals surface area contributed by atoms with Crippen molar-refractivity contribution < 1.29 is 15.0 Å². The highest BCUT2D eigenvalue weighted by Crippen LogP contribution is 2.12. The lowest BCUT2D eigenvalue weighted by molar-refractivity contribution is 0.0696. The topological polar surface area (TPSA) is 57.5 Å². The van der Waals surface area contributed by atoms with Crippen molar-refractivity contribution in [1.82, 2.24) is 0 Å². The second-order valence-corrected chi connectivity index (χ2v) is 3.29. The van der Waals surface area contributed by atoms with Crippen LogP contribution in [0.1, 0.15) is 27.9 Å². The van der Waals surface area contributed by atoms with Crippen LogP contribution in [0.5, 0.6) is 0 Å². The summed E-state index contributed by atoms with van der Waals surface area (Å²) < 4.78 is 0. The molecule has 3 nitrogen and oxygen atoms in total. The molecule has 1 aromatic rings. The standard InChI is InChI=1S/C12H14O3/c1-9-8-10(4-2-3-7-13)5-6-11(9)12(14)15/h2,4-6,8,13H,3,7H2,1H3,(H,14,15). The summed E-state index contributed by atoms with van der Waals surface area (Å²) in [5.41, 5.74) is 2.02. The predicted molar refractivity (Wildman–Crippen MR) is 58.9 cm³/mol. The maximum absolute atomic E-state index is 10.7. The normalized spacial score (nSPS) is 10.8. The second kappa shape index (κ2) is 5.32. The molecule has 1 aromatic carbocycles. The lowest BCUT2D eigenvalue weighted by atomic mass is 10.0. The number of hydrogen-bond donors (Lipinski definition) is 2. The Labute approximate surface area is 88.7 Å². The van der Waals surface area contributed by atoms with Crippen LogP contribution in [-0.4, -0.2) is 22.8 Å². The first-order chi connectivity index (χ1) is 7.15. The first kappa shape index (κ1) is 11.5. The molecule has 0 saturated heterocycles. The number of carboxylic acids is 1. The first-order valence-electron chi connectivity index (χ1n) is 4.76. The van der Waals surface area contributed by atoms with Crippen LogP contribution in [0.15, 0.2) is 24.3 Å². The number of aromatic carboxylic acids is 1. The van der Waals surface area contributed by atoms with Crippen molar-refractivity contribution in [2.45, 2.75) is 13.3 Å². The summed E-state index contributed by atoms with van der Waals surface area (Å²) in [6.45, 7) is 1.90. The van der Waals surface area contributed by atoms with Gasteiger partial charge in [0.15, 0.2) is 0 Å². The molecule has 0 atom stereocenters. The summed E-state index contributed by atoms with van der Waals surface area (Å²) in [4.78, 5) is 10.7. The van der Waals surface area contributed by atoms with E-state index < -0.39 is 5.97 Å². The molecule has 0 bridgehead atoms. The van der Waals surface area contributed by atoms with E-state index in [1.807, 2.05) is 18.2 Å². The molecule has 0 unspecified atom stereocenters. The predicted octanol–water partition coefficient (Wildman–Crippen LogP) is 2.09. The first-order valence-corrected chi connectivity index (χ1v) is 4.76. The summed E-state index contributed by atoms with van der Waals surface area (Å²) in [5.74, 6) is -0.904. The van der Waals surface area contributed by atoms with E-state index in [2.05, 4.69) is 0 Å². The number of aryl methyl sites for hydroxylation is 1. The van der Waals surface area contributed by atoms with Crippen molar-refractivity contribution in [3.8, 4) is 0 Å². The molecule has 0 saturated carbocycles. The van der Waals surface area contributed by atoms with E-state index >= 15 is 0 Å². The van der Waals surface area contributed by atoms with Crippen LogP contribution >= 0.6 is 0 Å². The zero-order valence-corrected chi connectivity index (χ0v) is 8.60. The third-order valence-electron chi connectivity index (χ3n) is 2.09. The molecule has 3 heteroatoms. The van der Waals surface area contributed by atoms with Gasteiger partial charge in [-0.25, -0.2) is 4.79 Å². The number of benzene rings is 1. The number of aliphatic hydroxyl groups excluding tert-OH is 1. The van der Waals surface area contributed by atoms with Gasteiger partial charge in [-0.3, -0.25) is 0 Å². The third kappa shape index (κ3) is 3.22. The van der Waals surface area contributed by atoms with E-state index in [9.17, 15) is 4.79 Å². The van der Waals surface area contributed by atoms with Crippen molar-refractivity contribution in [3.05, 3.63) is 41.0 Å². The Bertz CT molecular complexity index is 380. The fourth-order valence-electron chi connectivity index (χ4n) is 1.32. The lowest BCUT2D eigenvalue weighted by Crippen LogP contribution is -1.99. The zero-order chi connectivity index (χ0) is 11.3. The van der Waals surface area contributed by atoms with Crippen LogP contribution in [0.25, 0.3) is 6.08 Å². The SMILES string of the molecule is Cc1cc(C=CCCO)ccc1C(=O)O. The molecule has 0 spiro atoms. The van der Waals surface area contributed by atoms with E-state index in [1.54, 1.807) is 19.1 Å². The van der Waals surface area contributed by atoms with Crippen LogP contribution in [-0.2, 0) is 0 Å². The summed E-state index contributed by atoms with van der Waals surface area (Å²) >= 11 is 0. The molecule has 0 heterocycles. The maximum atomic E-state index is 10.7. The fourth-order valence-corrected chi connectivity index (χ4v) is 1.32. The van der Waals surface area contributed by atoms with Crippen molar-refractivity contribution in [1.29, 1.82) is 0 Å². The van der Waals surface area contributed by atoms with Gasteiger partial charge in [-0.2, -0.15) is 0 Å². The molecule has 15 heavy (non-hydrogen) atoms. The Morgan fingerprint density at radius 2 is 2.20 bits per heavy atom. The lowest BCUT2D eigenvalue weighted by Gasteiger charge is -2.01. The zero-order valence-electron chi connectivity index (χ0n) is 8.60. The molecule has 0 aliphatic carbocycles. The summed E-state index contributed by atoms with van der Waals surface area (Å²) in [5, 5.41) is 17.4. The number of carbonyl (C=O) groups is 1. The highest BCUT2D eigenvalue weighted by Gasteiger charge is 2.05. The van der Waals surface area contributed by atoms with E-state index in [0.717, 1.165) is 11.1 Å². The van der Waals surface area contributed by atoms with Gasteiger partial charge in [0.25, 0.3) is 0 Å². The van der Waals surface area contributed by atoms with Gasteiger partial charge in [-0.05, 0) is 30.5 Å². The van der Waals surface area contributed by atoms with Gasteiger partial charge in [0.2, 0.25) is 0 Å². The minimum Gasteiger partial charge on any atom is -0.478 e. The van der Waals surface area contributed by atoms with Crippen LogP contribution in [0, 0.1) is 6.92 Å². The quantitative estimate of drug-likeness (QED) is 0.793. The van der Waals surface area contributed by atoms with Crippen LogP contribution in [0.4, 0.5) is 0 Å². The van der Waals surface area contributed by atoms with Gasteiger partial charge in [0.1, 0.15) is 0 Å². The number of rotatable bonds is 4.